The highest BCUT2D eigenvalue weighted by atomic mass is 15.1. The summed E-state index contributed by atoms with van der Waals surface area (Å²) in [5, 5.41) is 2.60. The molecule has 0 N–H and O–H groups in total. The van der Waals surface area contributed by atoms with Crippen molar-refractivity contribution in [1.82, 2.24) is 9.38 Å². The first kappa shape index (κ1) is 21.4. The van der Waals surface area contributed by atoms with Crippen molar-refractivity contribution in [1.29, 1.82) is 0 Å². The molecule has 3 nitrogen and oxygen atoms in total. The van der Waals surface area contributed by atoms with Gasteiger partial charge in [-0.2, -0.15) is 4.40 Å². The minimum atomic E-state index is 0.694. The number of pyridine rings is 2. The van der Waals surface area contributed by atoms with E-state index in [1.807, 2.05) is 6.20 Å². The smallest absolute Gasteiger partial charge is 0.255 e. The molecule has 7 rings (SSSR count). The number of fused-ring (bicyclic) bond motifs is 8. The number of nitrogens with zero attached hydrogens (tertiary/aromatic N) is 3. The molecule has 5 aromatic rings. The molecule has 0 atom stereocenters. The van der Waals surface area contributed by atoms with Crippen molar-refractivity contribution in [3.8, 4) is 0 Å². The predicted octanol–water partition coefficient (Wildman–Crippen LogP) is 8.02. The Hall–Kier alpha value is -2.94. The van der Waals surface area contributed by atoms with Crippen molar-refractivity contribution in [2.24, 2.45) is 7.05 Å². The first-order valence-electron chi connectivity index (χ1n) is 13.9. The van der Waals surface area contributed by atoms with Crippen LogP contribution in [0.4, 0.5) is 0 Å². The van der Waals surface area contributed by atoms with E-state index in [1.165, 1.54) is 114 Å². The van der Waals surface area contributed by atoms with Crippen LogP contribution in [0.2, 0.25) is 0 Å². The van der Waals surface area contributed by atoms with Crippen molar-refractivity contribution < 1.29 is 4.57 Å². The molecule has 0 bridgehead atoms. The van der Waals surface area contributed by atoms with Crippen LogP contribution in [0.1, 0.15) is 92.7 Å². The van der Waals surface area contributed by atoms with E-state index in [-0.39, 0.29) is 0 Å². The number of hydrogen-bond acceptors (Lipinski definition) is 1. The van der Waals surface area contributed by atoms with Gasteiger partial charge in [-0.3, -0.25) is 4.98 Å². The predicted molar refractivity (Wildman–Crippen MR) is 145 cm³/mol. The second-order valence-corrected chi connectivity index (χ2v) is 11.3. The van der Waals surface area contributed by atoms with E-state index in [2.05, 4.69) is 65.4 Å². The third-order valence-electron chi connectivity index (χ3n) is 9.18. The van der Waals surface area contributed by atoms with Gasteiger partial charge in [0.1, 0.15) is 5.52 Å². The molecular weight excluding hydrogens is 426 g/mol. The summed E-state index contributed by atoms with van der Waals surface area (Å²) in [6.07, 6.45) is 15.6. The minimum Gasteiger partial charge on any atom is -0.255 e. The third kappa shape index (κ3) is 3.31. The van der Waals surface area contributed by atoms with Gasteiger partial charge in [0.15, 0.2) is 11.0 Å². The number of hydrogen-bond donors (Lipinski definition) is 0. The Bertz CT molecular complexity index is 1580. The fourth-order valence-corrected chi connectivity index (χ4v) is 7.27. The zero-order chi connectivity index (χ0) is 23.5. The largest absolute Gasteiger partial charge is 0.297 e. The van der Waals surface area contributed by atoms with Crippen LogP contribution in [0.3, 0.4) is 0 Å². The van der Waals surface area contributed by atoms with Crippen molar-refractivity contribution in [2.75, 3.05) is 0 Å². The molecule has 3 aromatic heterocycles. The Labute approximate surface area is 207 Å². The maximum absolute atomic E-state index is 4.98. The van der Waals surface area contributed by atoms with E-state index < -0.39 is 0 Å². The second kappa shape index (κ2) is 8.33. The lowest BCUT2D eigenvalue weighted by atomic mass is 9.83. The van der Waals surface area contributed by atoms with E-state index in [1.54, 1.807) is 0 Å². The maximum atomic E-state index is 4.98. The second-order valence-electron chi connectivity index (χ2n) is 11.3. The standard InChI is InChI=1S/C32H36N3/c1-21-17-18-33-31-26-19-24(22-9-5-3-6-10-22)13-15-27(26)35-29-20-25(23-11-7-4-8-12-23)14-16-28(29)34(2)32(35)30(21)31/h13-20,22-23H,3-12H2,1-2H3/q+1. The van der Waals surface area contributed by atoms with Crippen LogP contribution in [0.15, 0.2) is 48.7 Å². The van der Waals surface area contributed by atoms with Gasteiger partial charge in [-0.25, -0.2) is 4.57 Å². The van der Waals surface area contributed by atoms with E-state index in [9.17, 15) is 0 Å². The van der Waals surface area contributed by atoms with E-state index in [0.717, 1.165) is 5.52 Å². The number of benzene rings is 2. The summed E-state index contributed by atoms with van der Waals surface area (Å²) in [6, 6.07) is 16.7. The summed E-state index contributed by atoms with van der Waals surface area (Å²) in [4.78, 5) is 4.98. The lowest BCUT2D eigenvalue weighted by molar-refractivity contribution is -0.617. The van der Waals surface area contributed by atoms with Crippen LogP contribution in [-0.2, 0) is 7.05 Å². The highest BCUT2D eigenvalue weighted by molar-refractivity contribution is 6.12. The van der Waals surface area contributed by atoms with Crippen molar-refractivity contribution in [3.05, 3.63) is 65.4 Å². The molecular formula is C32H36N3+. The monoisotopic (exact) mass is 462 g/mol. The Kier molecular flexibility index (Phi) is 5.08. The topological polar surface area (TPSA) is 21.2 Å². The third-order valence-corrected chi connectivity index (χ3v) is 9.18. The lowest BCUT2D eigenvalue weighted by Gasteiger charge is -2.22. The SMILES string of the molecule is Cc1ccnc2c3cc(C4CCCCC4)ccc3n3c4cc(C5CCCCC5)ccc4[n+](C)c3c12. The van der Waals surface area contributed by atoms with Crippen molar-refractivity contribution in [3.63, 3.8) is 0 Å². The van der Waals surface area contributed by atoms with Gasteiger partial charge in [0.2, 0.25) is 0 Å². The molecule has 0 unspecified atom stereocenters. The molecule has 2 aromatic carbocycles. The molecule has 2 aliphatic rings. The molecule has 3 heteroatoms. The molecule has 2 fully saturated rings. The molecule has 178 valence electrons. The Balaban J connectivity index is 1.57. The van der Waals surface area contributed by atoms with E-state index >= 15 is 0 Å². The van der Waals surface area contributed by atoms with Gasteiger partial charge in [-0.15, -0.1) is 0 Å². The van der Waals surface area contributed by atoms with Gasteiger partial charge in [-0.1, -0.05) is 50.7 Å². The summed E-state index contributed by atoms with van der Waals surface area (Å²) < 4.78 is 4.93. The first-order chi connectivity index (χ1) is 17.2. The van der Waals surface area contributed by atoms with Crippen LogP contribution < -0.4 is 4.57 Å². The zero-order valence-electron chi connectivity index (χ0n) is 21.2. The Morgan fingerprint density at radius 2 is 1.43 bits per heavy atom. The molecule has 2 saturated carbocycles. The summed E-state index contributed by atoms with van der Waals surface area (Å²) in [7, 11) is 2.23. The highest BCUT2D eigenvalue weighted by Crippen LogP contribution is 2.39. The maximum Gasteiger partial charge on any atom is 0.297 e. The minimum absolute atomic E-state index is 0.694. The summed E-state index contributed by atoms with van der Waals surface area (Å²) >= 11 is 0. The number of aromatic nitrogens is 3. The Morgan fingerprint density at radius 3 is 2.14 bits per heavy atom. The van der Waals surface area contributed by atoms with Gasteiger partial charge >= 0.3 is 0 Å². The van der Waals surface area contributed by atoms with Gasteiger partial charge in [0.05, 0.1) is 18.0 Å². The van der Waals surface area contributed by atoms with Crippen LogP contribution in [0.5, 0.6) is 0 Å². The summed E-state index contributed by atoms with van der Waals surface area (Å²) in [5.74, 6) is 1.40. The van der Waals surface area contributed by atoms with Crippen LogP contribution >= 0.6 is 0 Å². The fourth-order valence-electron chi connectivity index (χ4n) is 7.27. The van der Waals surface area contributed by atoms with Crippen molar-refractivity contribution in [2.45, 2.75) is 83.0 Å². The molecule has 0 aliphatic heterocycles. The summed E-state index contributed by atoms with van der Waals surface area (Å²) in [6.45, 7) is 2.24. The fraction of sp³-hybridized carbons (Fsp3) is 0.438. The number of rotatable bonds is 2. The van der Waals surface area contributed by atoms with Crippen LogP contribution in [-0.4, -0.2) is 9.38 Å². The Morgan fingerprint density at radius 1 is 0.771 bits per heavy atom. The van der Waals surface area contributed by atoms with Crippen LogP contribution in [0, 0.1) is 6.92 Å². The highest BCUT2D eigenvalue weighted by Gasteiger charge is 2.27. The average molecular weight is 463 g/mol. The molecule has 2 aliphatic carbocycles. The zero-order valence-corrected chi connectivity index (χ0v) is 21.2. The number of imidazole rings is 1. The molecule has 0 spiro atoms. The molecule has 0 amide bonds. The molecule has 0 radical (unpaired) electrons. The number of aryl methyl sites for hydroxylation is 2. The van der Waals surface area contributed by atoms with E-state index in [4.69, 9.17) is 4.98 Å². The van der Waals surface area contributed by atoms with Crippen LogP contribution in [0.25, 0.3) is 38.5 Å². The summed E-state index contributed by atoms with van der Waals surface area (Å²) in [5.41, 5.74) is 10.7. The first-order valence-corrected chi connectivity index (χ1v) is 13.9. The molecule has 0 saturated heterocycles. The lowest BCUT2D eigenvalue weighted by Crippen LogP contribution is -2.27. The molecule has 35 heavy (non-hydrogen) atoms. The molecule has 3 heterocycles. The van der Waals surface area contributed by atoms with Gasteiger partial charge < -0.3 is 0 Å². The normalized spacial score (nSPS) is 18.3. The average Bonchev–Trinajstić information content (AvgIpc) is 3.21. The van der Waals surface area contributed by atoms with E-state index in [0.29, 0.717) is 11.8 Å². The van der Waals surface area contributed by atoms with Gasteiger partial charge in [0.25, 0.3) is 5.65 Å². The van der Waals surface area contributed by atoms with Crippen molar-refractivity contribution >= 4 is 38.5 Å². The van der Waals surface area contributed by atoms with Gasteiger partial charge in [-0.05, 0) is 91.5 Å². The van der Waals surface area contributed by atoms with Gasteiger partial charge in [0, 0.05) is 11.6 Å². The quantitative estimate of drug-likeness (QED) is 0.192.